The first-order chi connectivity index (χ1) is 16.5. The summed E-state index contributed by atoms with van der Waals surface area (Å²) in [6.07, 6.45) is 1.80. The van der Waals surface area contributed by atoms with Crippen molar-refractivity contribution >= 4 is 17.5 Å². The molecule has 1 N–H and O–H groups in total. The van der Waals surface area contributed by atoms with Gasteiger partial charge in [-0.05, 0) is 47.1 Å². The Kier molecular flexibility index (Phi) is 7.46. The monoisotopic (exact) mass is 454 g/mol. The minimum absolute atomic E-state index is 0.0221. The normalized spacial score (nSPS) is 18.6. The number of amides is 2. The number of carbonyl (C=O) groups excluding carboxylic acids is 2. The van der Waals surface area contributed by atoms with Gasteiger partial charge in [0, 0.05) is 31.1 Å². The van der Waals surface area contributed by atoms with E-state index in [-0.39, 0.29) is 35.6 Å². The van der Waals surface area contributed by atoms with Gasteiger partial charge in [0.15, 0.2) is 0 Å². The fourth-order valence-electron chi connectivity index (χ4n) is 4.63. The molecule has 1 saturated carbocycles. The van der Waals surface area contributed by atoms with Crippen molar-refractivity contribution in [2.45, 2.75) is 45.6 Å². The highest BCUT2D eigenvalue weighted by molar-refractivity contribution is 5.98. The van der Waals surface area contributed by atoms with Crippen LogP contribution in [0.2, 0.25) is 0 Å². The smallest absolute Gasteiger partial charge is 0.230 e. The molecule has 0 radical (unpaired) electrons. The number of benzene rings is 3. The summed E-state index contributed by atoms with van der Waals surface area (Å²) < 4.78 is 0. The minimum atomic E-state index is -0.103. The zero-order chi connectivity index (χ0) is 24.1. The van der Waals surface area contributed by atoms with E-state index in [2.05, 4.69) is 55.6 Å². The van der Waals surface area contributed by atoms with Gasteiger partial charge in [0.2, 0.25) is 11.8 Å². The molecule has 4 atom stereocenters. The quantitative estimate of drug-likeness (QED) is 0.428. The van der Waals surface area contributed by atoms with Gasteiger partial charge in [0.25, 0.3) is 0 Å². The van der Waals surface area contributed by atoms with Gasteiger partial charge in [-0.2, -0.15) is 0 Å². The summed E-state index contributed by atoms with van der Waals surface area (Å²) in [6, 6.07) is 28.6. The van der Waals surface area contributed by atoms with Crippen LogP contribution in [0.25, 0.3) is 11.1 Å². The maximum absolute atomic E-state index is 13.8. The Morgan fingerprint density at radius 2 is 1.50 bits per heavy atom. The zero-order valence-corrected chi connectivity index (χ0v) is 20.3. The van der Waals surface area contributed by atoms with E-state index in [1.807, 2.05) is 53.4 Å². The Bertz CT molecular complexity index is 1100. The highest BCUT2D eigenvalue weighted by atomic mass is 16.2. The standard InChI is InChI=1S/C30H34N2O2/c1-4-21(2)29(31-22(3)33)20-32(30(34)28-19-27(28)25-13-9-6-10-14-25)26-17-15-24(16-18-26)23-11-7-5-8-12-23/h5-18,21,27-29H,4,19-20H2,1-3H3,(H,31,33)/t21-,27-,28+,29+/m0/s1. The highest BCUT2D eigenvalue weighted by Crippen LogP contribution is 2.49. The lowest BCUT2D eigenvalue weighted by molar-refractivity contribution is -0.122. The Morgan fingerprint density at radius 3 is 2.09 bits per heavy atom. The van der Waals surface area contributed by atoms with Gasteiger partial charge < -0.3 is 10.2 Å². The first kappa shape index (κ1) is 23.7. The van der Waals surface area contributed by atoms with Crippen LogP contribution in [0.3, 0.4) is 0 Å². The van der Waals surface area contributed by atoms with Gasteiger partial charge in [0.05, 0.1) is 0 Å². The van der Waals surface area contributed by atoms with E-state index >= 15 is 0 Å². The van der Waals surface area contributed by atoms with Crippen molar-refractivity contribution in [3.8, 4) is 11.1 Å². The van der Waals surface area contributed by atoms with E-state index < -0.39 is 0 Å². The van der Waals surface area contributed by atoms with E-state index in [4.69, 9.17) is 0 Å². The molecule has 0 bridgehead atoms. The van der Waals surface area contributed by atoms with Crippen LogP contribution in [0.15, 0.2) is 84.9 Å². The van der Waals surface area contributed by atoms with Crippen LogP contribution >= 0.6 is 0 Å². The first-order valence-corrected chi connectivity index (χ1v) is 12.3. The molecule has 176 valence electrons. The molecular weight excluding hydrogens is 420 g/mol. The number of nitrogens with one attached hydrogen (secondary N) is 1. The number of hydrogen-bond donors (Lipinski definition) is 1. The maximum atomic E-state index is 13.8. The zero-order valence-electron chi connectivity index (χ0n) is 20.3. The summed E-state index contributed by atoms with van der Waals surface area (Å²) in [4.78, 5) is 27.6. The van der Waals surface area contributed by atoms with Crippen molar-refractivity contribution in [1.82, 2.24) is 5.32 Å². The fraction of sp³-hybridized carbons (Fsp3) is 0.333. The lowest BCUT2D eigenvalue weighted by Crippen LogP contribution is -2.49. The van der Waals surface area contributed by atoms with Crippen LogP contribution in [0.5, 0.6) is 0 Å². The molecule has 0 spiro atoms. The largest absolute Gasteiger partial charge is 0.352 e. The molecule has 0 unspecified atom stereocenters. The predicted octanol–water partition coefficient (Wildman–Crippen LogP) is 6.04. The van der Waals surface area contributed by atoms with Gasteiger partial charge in [-0.3, -0.25) is 9.59 Å². The van der Waals surface area contributed by atoms with Crippen LogP contribution in [0.4, 0.5) is 5.69 Å². The number of carbonyl (C=O) groups is 2. The van der Waals surface area contributed by atoms with Crippen LogP contribution in [0, 0.1) is 11.8 Å². The maximum Gasteiger partial charge on any atom is 0.230 e. The van der Waals surface area contributed by atoms with Gasteiger partial charge in [-0.1, -0.05) is 93.1 Å². The molecule has 0 aliphatic heterocycles. The number of nitrogens with zero attached hydrogens (tertiary/aromatic N) is 1. The molecule has 0 aromatic heterocycles. The van der Waals surface area contributed by atoms with Crippen LogP contribution in [-0.2, 0) is 9.59 Å². The number of rotatable bonds is 9. The Balaban J connectivity index is 1.61. The third-order valence-corrected chi connectivity index (χ3v) is 6.99. The second-order valence-corrected chi connectivity index (χ2v) is 9.41. The molecule has 2 amide bonds. The third-order valence-electron chi connectivity index (χ3n) is 6.99. The third kappa shape index (κ3) is 5.56. The molecule has 34 heavy (non-hydrogen) atoms. The molecule has 1 aliphatic rings. The summed E-state index contributed by atoms with van der Waals surface area (Å²) in [5, 5.41) is 3.09. The number of hydrogen-bond acceptors (Lipinski definition) is 2. The summed E-state index contributed by atoms with van der Waals surface area (Å²) >= 11 is 0. The summed E-state index contributed by atoms with van der Waals surface area (Å²) in [5.41, 5.74) is 4.36. The Morgan fingerprint density at radius 1 is 0.912 bits per heavy atom. The number of anilines is 1. The van der Waals surface area contributed by atoms with Crippen LogP contribution in [0.1, 0.15) is 45.1 Å². The molecular formula is C30H34N2O2. The molecule has 1 fully saturated rings. The Hall–Kier alpha value is -3.40. The fourth-order valence-corrected chi connectivity index (χ4v) is 4.63. The first-order valence-electron chi connectivity index (χ1n) is 12.3. The van der Waals surface area contributed by atoms with Gasteiger partial charge in [-0.15, -0.1) is 0 Å². The van der Waals surface area contributed by atoms with Crippen LogP contribution < -0.4 is 10.2 Å². The van der Waals surface area contributed by atoms with Crippen molar-refractivity contribution < 1.29 is 9.59 Å². The molecule has 4 nitrogen and oxygen atoms in total. The molecule has 0 heterocycles. The van der Waals surface area contributed by atoms with Crippen molar-refractivity contribution in [3.05, 3.63) is 90.5 Å². The van der Waals surface area contributed by atoms with Crippen molar-refractivity contribution in [2.75, 3.05) is 11.4 Å². The average molecular weight is 455 g/mol. The molecule has 1 aliphatic carbocycles. The molecule has 0 saturated heterocycles. The lowest BCUT2D eigenvalue weighted by Gasteiger charge is -2.31. The van der Waals surface area contributed by atoms with Crippen molar-refractivity contribution in [3.63, 3.8) is 0 Å². The van der Waals surface area contributed by atoms with E-state index in [1.165, 1.54) is 5.56 Å². The van der Waals surface area contributed by atoms with E-state index in [1.54, 1.807) is 6.92 Å². The topological polar surface area (TPSA) is 49.4 Å². The minimum Gasteiger partial charge on any atom is -0.352 e. The molecule has 3 aromatic carbocycles. The molecule has 3 aromatic rings. The van der Waals surface area contributed by atoms with Gasteiger partial charge >= 0.3 is 0 Å². The van der Waals surface area contributed by atoms with Crippen LogP contribution in [-0.4, -0.2) is 24.4 Å². The van der Waals surface area contributed by atoms with E-state index in [0.29, 0.717) is 6.54 Å². The SMILES string of the molecule is CC[C@H](C)[C@@H](CN(C(=O)[C@@H]1C[C@H]1c1ccccc1)c1ccc(-c2ccccc2)cc1)NC(C)=O. The Labute approximate surface area is 203 Å². The van der Waals surface area contributed by atoms with Gasteiger partial charge in [-0.25, -0.2) is 0 Å². The second-order valence-electron chi connectivity index (χ2n) is 9.41. The van der Waals surface area contributed by atoms with E-state index in [9.17, 15) is 9.59 Å². The lowest BCUT2D eigenvalue weighted by atomic mass is 9.97. The second kappa shape index (κ2) is 10.7. The summed E-state index contributed by atoms with van der Waals surface area (Å²) in [6.45, 7) is 6.26. The average Bonchev–Trinajstić information content (AvgIpc) is 3.68. The highest BCUT2D eigenvalue weighted by Gasteiger charge is 2.46. The summed E-state index contributed by atoms with van der Waals surface area (Å²) in [5.74, 6) is 0.575. The molecule has 4 heteroatoms. The summed E-state index contributed by atoms with van der Waals surface area (Å²) in [7, 11) is 0. The van der Waals surface area contributed by atoms with E-state index in [0.717, 1.165) is 29.7 Å². The predicted molar refractivity (Wildman–Crippen MR) is 139 cm³/mol. The van der Waals surface area contributed by atoms with Crippen molar-refractivity contribution in [2.24, 2.45) is 11.8 Å². The van der Waals surface area contributed by atoms with Crippen molar-refractivity contribution in [1.29, 1.82) is 0 Å². The van der Waals surface area contributed by atoms with Gasteiger partial charge in [0.1, 0.15) is 0 Å². The molecule has 4 rings (SSSR count).